The van der Waals surface area contributed by atoms with E-state index in [9.17, 15) is 14.4 Å². The Morgan fingerprint density at radius 2 is 1.88 bits per heavy atom. The van der Waals surface area contributed by atoms with Crippen LogP contribution in [0.25, 0.3) is 10.9 Å². The van der Waals surface area contributed by atoms with Gasteiger partial charge in [0.05, 0.1) is 17.1 Å². The van der Waals surface area contributed by atoms with Crippen molar-refractivity contribution in [1.82, 2.24) is 14.9 Å². The summed E-state index contributed by atoms with van der Waals surface area (Å²) in [5, 5.41) is 2.14. The van der Waals surface area contributed by atoms with Crippen molar-refractivity contribution in [2.24, 2.45) is 11.5 Å². The number of amides is 2. The predicted octanol–water partition coefficient (Wildman–Crippen LogP) is -2.15. The third-order valence-corrected chi connectivity index (χ3v) is 4.21. The van der Waals surface area contributed by atoms with Crippen molar-refractivity contribution in [3.8, 4) is 0 Å². The highest BCUT2D eigenvalue weighted by atomic mass is 16.2. The van der Waals surface area contributed by atoms with Crippen LogP contribution in [0.3, 0.4) is 0 Å². The lowest BCUT2D eigenvalue weighted by Gasteiger charge is -2.38. The van der Waals surface area contributed by atoms with Gasteiger partial charge in [0, 0.05) is 12.1 Å². The summed E-state index contributed by atoms with van der Waals surface area (Å²) >= 11 is 0. The first-order valence-electron chi connectivity index (χ1n) is 7.14. The minimum absolute atomic E-state index is 0.0438. The number of nitrogens with zero attached hydrogens (tertiary/aromatic N) is 2. The number of hydrogen-bond donors (Lipinski definition) is 5. The summed E-state index contributed by atoms with van der Waals surface area (Å²) in [6, 6.07) is 1.90. The molecule has 0 aliphatic carbocycles. The number of benzene rings is 1. The minimum atomic E-state index is -1.96. The third kappa shape index (κ3) is 1.97. The first-order chi connectivity index (χ1) is 11.2. The van der Waals surface area contributed by atoms with Crippen LogP contribution < -0.4 is 33.8 Å². The van der Waals surface area contributed by atoms with E-state index in [2.05, 4.69) is 10.3 Å². The second kappa shape index (κ2) is 5.01. The SMILES string of the molecule is Cc1nc2c(N)ccc(N)c2c(=O)n1C1(N)C(=O)NC(=O)CC1N. The molecule has 24 heavy (non-hydrogen) atoms. The Morgan fingerprint density at radius 1 is 1.25 bits per heavy atom. The molecule has 1 aliphatic rings. The number of nitrogens with one attached hydrogen (secondary N) is 1. The molecule has 0 saturated carbocycles. The summed E-state index contributed by atoms with van der Waals surface area (Å²) in [6.07, 6.45) is -0.210. The number of nitrogen functional groups attached to an aromatic ring is 2. The van der Waals surface area contributed by atoms with Gasteiger partial charge in [-0.05, 0) is 19.1 Å². The second-order valence-corrected chi connectivity index (χ2v) is 5.78. The first-order valence-corrected chi connectivity index (χ1v) is 7.14. The van der Waals surface area contributed by atoms with Crippen LogP contribution in [-0.4, -0.2) is 27.4 Å². The van der Waals surface area contributed by atoms with Crippen LogP contribution in [0.15, 0.2) is 16.9 Å². The number of carbonyl (C=O) groups excluding carboxylic acids is 2. The molecule has 10 nitrogen and oxygen atoms in total. The highest BCUT2D eigenvalue weighted by Crippen LogP contribution is 2.25. The molecule has 0 bridgehead atoms. The molecule has 1 aromatic carbocycles. The molecule has 1 aromatic heterocycles. The molecule has 2 atom stereocenters. The number of aryl methyl sites for hydroxylation is 1. The number of imide groups is 1. The van der Waals surface area contributed by atoms with Gasteiger partial charge < -0.3 is 17.2 Å². The molecule has 1 saturated heterocycles. The Hall–Kier alpha value is -2.98. The standard InChI is InChI=1S/C14H17N7O3/c1-5-19-11-7(16)3-2-6(15)10(11)12(23)21(5)14(18)8(17)4-9(22)20-13(14)24/h2-3,8H,4,15-18H2,1H3,(H,20,22,24). The van der Waals surface area contributed by atoms with Crippen molar-refractivity contribution in [2.45, 2.75) is 25.0 Å². The van der Waals surface area contributed by atoms with E-state index in [1.807, 2.05) is 0 Å². The maximum Gasteiger partial charge on any atom is 0.269 e. The van der Waals surface area contributed by atoms with Gasteiger partial charge in [-0.15, -0.1) is 0 Å². The van der Waals surface area contributed by atoms with Crippen molar-refractivity contribution >= 4 is 34.1 Å². The molecule has 1 aliphatic heterocycles. The molecule has 10 heteroatoms. The van der Waals surface area contributed by atoms with Crippen molar-refractivity contribution in [1.29, 1.82) is 0 Å². The van der Waals surface area contributed by atoms with E-state index in [-0.39, 0.29) is 34.5 Å². The fraction of sp³-hybridized carbons (Fsp3) is 0.286. The Kier molecular flexibility index (Phi) is 3.32. The normalized spacial score (nSPS) is 24.2. The van der Waals surface area contributed by atoms with Gasteiger partial charge >= 0.3 is 0 Å². The number of carbonyl (C=O) groups is 2. The van der Waals surface area contributed by atoms with E-state index in [1.165, 1.54) is 19.1 Å². The Bertz CT molecular complexity index is 952. The molecule has 2 amide bonds. The van der Waals surface area contributed by atoms with Gasteiger partial charge in [0.25, 0.3) is 11.5 Å². The van der Waals surface area contributed by atoms with Crippen molar-refractivity contribution in [3.05, 3.63) is 28.3 Å². The van der Waals surface area contributed by atoms with E-state index >= 15 is 0 Å². The maximum atomic E-state index is 13.0. The molecule has 0 spiro atoms. The van der Waals surface area contributed by atoms with Gasteiger partial charge in [0.2, 0.25) is 5.91 Å². The summed E-state index contributed by atoms with van der Waals surface area (Å²) in [5.74, 6) is -1.30. The molecule has 1 fully saturated rings. The highest BCUT2D eigenvalue weighted by molar-refractivity contribution is 6.03. The Labute approximate surface area is 135 Å². The lowest BCUT2D eigenvalue weighted by atomic mass is 9.92. The predicted molar refractivity (Wildman–Crippen MR) is 87.5 cm³/mol. The highest BCUT2D eigenvalue weighted by Gasteiger charge is 2.49. The molecule has 9 N–H and O–H groups in total. The second-order valence-electron chi connectivity index (χ2n) is 5.78. The molecule has 3 rings (SSSR count). The fourth-order valence-electron chi connectivity index (χ4n) is 2.94. The van der Waals surface area contributed by atoms with Gasteiger partial charge in [-0.1, -0.05) is 0 Å². The lowest BCUT2D eigenvalue weighted by Crippen LogP contribution is -2.72. The van der Waals surface area contributed by atoms with E-state index < -0.39 is 29.1 Å². The Morgan fingerprint density at radius 3 is 2.50 bits per heavy atom. The van der Waals surface area contributed by atoms with Crippen molar-refractivity contribution < 1.29 is 9.59 Å². The number of anilines is 2. The topological polar surface area (TPSA) is 185 Å². The number of piperidine rings is 1. The summed E-state index contributed by atoms with van der Waals surface area (Å²) < 4.78 is 0.970. The van der Waals surface area contributed by atoms with E-state index in [0.29, 0.717) is 0 Å². The van der Waals surface area contributed by atoms with Crippen LogP contribution in [0, 0.1) is 6.92 Å². The van der Waals surface area contributed by atoms with Crippen molar-refractivity contribution in [3.63, 3.8) is 0 Å². The molecule has 2 aromatic rings. The van der Waals surface area contributed by atoms with Crippen LogP contribution in [0.5, 0.6) is 0 Å². The van der Waals surface area contributed by atoms with Gasteiger partial charge in [-0.2, -0.15) is 0 Å². The van der Waals surface area contributed by atoms with Crippen LogP contribution >= 0.6 is 0 Å². The number of aromatic nitrogens is 2. The van der Waals surface area contributed by atoms with E-state index in [4.69, 9.17) is 22.9 Å². The zero-order valence-electron chi connectivity index (χ0n) is 12.9. The largest absolute Gasteiger partial charge is 0.398 e. The number of rotatable bonds is 1. The summed E-state index contributed by atoms with van der Waals surface area (Å²) in [6.45, 7) is 1.49. The first kappa shape index (κ1) is 15.9. The van der Waals surface area contributed by atoms with Crippen molar-refractivity contribution in [2.75, 3.05) is 11.5 Å². The van der Waals surface area contributed by atoms with E-state index in [0.717, 1.165) is 4.57 Å². The molecule has 0 radical (unpaired) electrons. The van der Waals surface area contributed by atoms with Crippen LogP contribution in [-0.2, 0) is 15.3 Å². The van der Waals surface area contributed by atoms with Crippen LogP contribution in [0.2, 0.25) is 0 Å². The number of fused-ring (bicyclic) bond motifs is 1. The van der Waals surface area contributed by atoms with Gasteiger partial charge in [-0.3, -0.25) is 30.0 Å². The van der Waals surface area contributed by atoms with Gasteiger partial charge in [-0.25, -0.2) is 4.98 Å². The molecular formula is C14H17N7O3. The zero-order chi connectivity index (χ0) is 17.8. The average Bonchev–Trinajstić information content (AvgIpc) is 2.48. The van der Waals surface area contributed by atoms with E-state index in [1.54, 1.807) is 0 Å². The van der Waals surface area contributed by atoms with Gasteiger partial charge in [0.15, 0.2) is 5.66 Å². The molecule has 126 valence electrons. The molecular weight excluding hydrogens is 314 g/mol. The zero-order valence-corrected chi connectivity index (χ0v) is 12.9. The average molecular weight is 331 g/mol. The number of nitrogens with two attached hydrogens (primary N) is 4. The Balaban J connectivity index is 2.39. The monoisotopic (exact) mass is 331 g/mol. The van der Waals surface area contributed by atoms with Gasteiger partial charge in [0.1, 0.15) is 11.3 Å². The molecule has 2 heterocycles. The quantitative estimate of drug-likeness (QED) is 0.289. The number of hydrogen-bond acceptors (Lipinski definition) is 8. The van der Waals surface area contributed by atoms with Crippen LogP contribution in [0.1, 0.15) is 12.2 Å². The fourth-order valence-corrected chi connectivity index (χ4v) is 2.94. The summed E-state index contributed by atoms with van der Waals surface area (Å²) in [5.41, 5.74) is 21.8. The third-order valence-electron chi connectivity index (χ3n) is 4.21. The smallest absolute Gasteiger partial charge is 0.269 e. The maximum absolute atomic E-state index is 13.0. The van der Waals surface area contributed by atoms with Crippen LogP contribution in [0.4, 0.5) is 11.4 Å². The minimum Gasteiger partial charge on any atom is -0.398 e. The summed E-state index contributed by atoms with van der Waals surface area (Å²) in [7, 11) is 0. The summed E-state index contributed by atoms with van der Waals surface area (Å²) in [4.78, 5) is 41.1. The lowest BCUT2D eigenvalue weighted by molar-refractivity contribution is -0.142. The molecule has 2 unspecified atom stereocenters.